The standard InChI is InChI=1S/C21H14ClF/c22-19-13-10-17(11-14-19)20(16-6-2-1-3-7-16)15-12-18-8-4-5-9-21(18)23/h1-11,13-14,20H. The first-order valence-electron chi connectivity index (χ1n) is 7.30. The topological polar surface area (TPSA) is 0 Å². The second kappa shape index (κ2) is 7.13. The maximum atomic E-state index is 13.8. The van der Waals surface area contributed by atoms with Crippen LogP contribution < -0.4 is 0 Å². The molecule has 0 aliphatic rings. The van der Waals surface area contributed by atoms with Crippen LogP contribution in [0.4, 0.5) is 4.39 Å². The van der Waals surface area contributed by atoms with Crippen LogP contribution in [0.2, 0.25) is 5.02 Å². The lowest BCUT2D eigenvalue weighted by molar-refractivity contribution is 0.624. The van der Waals surface area contributed by atoms with Crippen LogP contribution in [0.5, 0.6) is 0 Å². The first-order valence-corrected chi connectivity index (χ1v) is 7.68. The molecule has 0 fully saturated rings. The molecule has 0 saturated heterocycles. The summed E-state index contributed by atoms with van der Waals surface area (Å²) in [6.45, 7) is 0. The minimum absolute atomic E-state index is 0.131. The Morgan fingerprint density at radius 3 is 2.04 bits per heavy atom. The summed E-state index contributed by atoms with van der Waals surface area (Å²) in [7, 11) is 0. The van der Waals surface area contributed by atoms with E-state index in [2.05, 4.69) is 11.8 Å². The number of benzene rings is 3. The van der Waals surface area contributed by atoms with Crippen molar-refractivity contribution in [3.8, 4) is 11.8 Å². The molecule has 0 spiro atoms. The molecule has 0 aromatic heterocycles. The molecule has 0 saturated carbocycles. The Labute approximate surface area is 140 Å². The summed E-state index contributed by atoms with van der Waals surface area (Å²) in [5, 5.41) is 0.683. The van der Waals surface area contributed by atoms with Gasteiger partial charge < -0.3 is 0 Å². The molecular formula is C21H14ClF. The normalized spacial score (nSPS) is 11.4. The summed E-state index contributed by atoms with van der Waals surface area (Å²) < 4.78 is 13.8. The van der Waals surface area contributed by atoms with Gasteiger partial charge in [-0.05, 0) is 35.4 Å². The van der Waals surface area contributed by atoms with Gasteiger partial charge in [0.05, 0.1) is 11.5 Å². The third-order valence-corrected chi connectivity index (χ3v) is 3.81. The van der Waals surface area contributed by atoms with Crippen LogP contribution in [0.15, 0.2) is 78.9 Å². The Hall–Kier alpha value is -2.56. The zero-order valence-electron chi connectivity index (χ0n) is 12.3. The predicted molar refractivity (Wildman–Crippen MR) is 93.0 cm³/mol. The highest BCUT2D eigenvalue weighted by Crippen LogP contribution is 2.25. The quantitative estimate of drug-likeness (QED) is 0.534. The third-order valence-electron chi connectivity index (χ3n) is 3.56. The molecular weight excluding hydrogens is 307 g/mol. The third kappa shape index (κ3) is 3.80. The van der Waals surface area contributed by atoms with E-state index in [1.54, 1.807) is 18.2 Å². The zero-order valence-corrected chi connectivity index (χ0v) is 13.1. The van der Waals surface area contributed by atoms with Crippen molar-refractivity contribution < 1.29 is 4.39 Å². The number of hydrogen-bond acceptors (Lipinski definition) is 0. The van der Waals surface area contributed by atoms with Crippen LogP contribution >= 0.6 is 11.6 Å². The van der Waals surface area contributed by atoms with Crippen molar-refractivity contribution in [2.45, 2.75) is 5.92 Å². The van der Waals surface area contributed by atoms with Crippen molar-refractivity contribution in [2.24, 2.45) is 0 Å². The van der Waals surface area contributed by atoms with E-state index in [1.165, 1.54) is 6.07 Å². The number of halogens is 2. The molecule has 0 radical (unpaired) electrons. The minimum Gasteiger partial charge on any atom is -0.206 e. The first-order chi connectivity index (χ1) is 11.2. The smallest absolute Gasteiger partial charge is 0.138 e. The minimum atomic E-state index is -0.303. The summed E-state index contributed by atoms with van der Waals surface area (Å²) in [6, 6.07) is 24.1. The summed E-state index contributed by atoms with van der Waals surface area (Å²) in [4.78, 5) is 0. The summed E-state index contributed by atoms with van der Waals surface area (Å²) in [5.74, 6) is 5.73. The molecule has 0 N–H and O–H groups in total. The van der Waals surface area contributed by atoms with E-state index >= 15 is 0 Å². The fourth-order valence-electron chi connectivity index (χ4n) is 2.37. The van der Waals surface area contributed by atoms with Gasteiger partial charge in [0.1, 0.15) is 5.82 Å². The van der Waals surface area contributed by atoms with Gasteiger partial charge in [0.25, 0.3) is 0 Å². The highest BCUT2D eigenvalue weighted by atomic mass is 35.5. The molecule has 112 valence electrons. The molecule has 1 unspecified atom stereocenters. The van der Waals surface area contributed by atoms with Crippen molar-refractivity contribution in [3.63, 3.8) is 0 Å². The second-order valence-corrected chi connectivity index (χ2v) is 5.58. The van der Waals surface area contributed by atoms with E-state index in [1.807, 2.05) is 54.6 Å². The maximum Gasteiger partial charge on any atom is 0.138 e. The Morgan fingerprint density at radius 1 is 0.739 bits per heavy atom. The molecule has 3 rings (SSSR count). The monoisotopic (exact) mass is 320 g/mol. The van der Waals surface area contributed by atoms with E-state index in [-0.39, 0.29) is 11.7 Å². The van der Waals surface area contributed by atoms with E-state index in [4.69, 9.17) is 11.6 Å². The molecule has 23 heavy (non-hydrogen) atoms. The van der Waals surface area contributed by atoms with Crippen molar-refractivity contribution >= 4 is 11.6 Å². The van der Waals surface area contributed by atoms with Gasteiger partial charge in [-0.2, -0.15) is 0 Å². The average Bonchev–Trinajstić information content (AvgIpc) is 2.59. The van der Waals surface area contributed by atoms with Crippen molar-refractivity contribution in [2.75, 3.05) is 0 Å². The van der Waals surface area contributed by atoms with Gasteiger partial charge in [0, 0.05) is 5.02 Å². The van der Waals surface area contributed by atoms with Gasteiger partial charge in [-0.25, -0.2) is 4.39 Å². The van der Waals surface area contributed by atoms with E-state index in [0.29, 0.717) is 10.6 Å². The van der Waals surface area contributed by atoms with E-state index in [9.17, 15) is 4.39 Å². The Bertz CT molecular complexity index is 842. The molecule has 0 heterocycles. The van der Waals surface area contributed by atoms with Crippen LogP contribution in [-0.4, -0.2) is 0 Å². The fraction of sp³-hybridized carbons (Fsp3) is 0.0476. The Morgan fingerprint density at radius 2 is 1.35 bits per heavy atom. The molecule has 2 heteroatoms. The summed E-state index contributed by atoms with van der Waals surface area (Å²) in [5.41, 5.74) is 2.51. The highest BCUT2D eigenvalue weighted by molar-refractivity contribution is 6.30. The molecule has 3 aromatic carbocycles. The van der Waals surface area contributed by atoms with Gasteiger partial charge in [-0.1, -0.05) is 78.0 Å². The van der Waals surface area contributed by atoms with Crippen LogP contribution in [0.1, 0.15) is 22.6 Å². The van der Waals surface area contributed by atoms with Crippen molar-refractivity contribution in [1.29, 1.82) is 0 Å². The fourth-order valence-corrected chi connectivity index (χ4v) is 2.50. The van der Waals surface area contributed by atoms with Crippen LogP contribution in [0, 0.1) is 17.7 Å². The van der Waals surface area contributed by atoms with Crippen LogP contribution in [0.3, 0.4) is 0 Å². The van der Waals surface area contributed by atoms with Crippen molar-refractivity contribution in [1.82, 2.24) is 0 Å². The van der Waals surface area contributed by atoms with Gasteiger partial charge in [0.2, 0.25) is 0 Å². The van der Waals surface area contributed by atoms with Gasteiger partial charge in [0.15, 0.2) is 0 Å². The predicted octanol–water partition coefficient (Wildman–Crippen LogP) is 5.66. The molecule has 0 nitrogen and oxygen atoms in total. The largest absolute Gasteiger partial charge is 0.206 e. The lowest BCUT2D eigenvalue weighted by Crippen LogP contribution is -1.98. The molecule has 0 bridgehead atoms. The maximum absolute atomic E-state index is 13.8. The number of hydrogen-bond donors (Lipinski definition) is 0. The molecule has 0 aliphatic heterocycles. The summed E-state index contributed by atoms with van der Waals surface area (Å²) in [6.07, 6.45) is 0. The lowest BCUT2D eigenvalue weighted by atomic mass is 9.91. The van der Waals surface area contributed by atoms with Crippen molar-refractivity contribution in [3.05, 3.63) is 106 Å². The summed E-state index contributed by atoms with van der Waals surface area (Å²) >= 11 is 5.97. The average molecular weight is 321 g/mol. The highest BCUT2D eigenvalue weighted by Gasteiger charge is 2.11. The molecule has 3 aromatic rings. The molecule has 0 aliphatic carbocycles. The van der Waals surface area contributed by atoms with Gasteiger partial charge in [-0.15, -0.1) is 0 Å². The lowest BCUT2D eigenvalue weighted by Gasteiger charge is -2.12. The number of rotatable bonds is 2. The first kappa shape index (κ1) is 15.3. The van der Waals surface area contributed by atoms with E-state index < -0.39 is 0 Å². The van der Waals surface area contributed by atoms with Crippen LogP contribution in [-0.2, 0) is 0 Å². The molecule has 1 atom stereocenters. The van der Waals surface area contributed by atoms with E-state index in [0.717, 1.165) is 11.1 Å². The Kier molecular flexibility index (Phi) is 4.76. The SMILES string of the molecule is Fc1ccccc1C#CC(c1ccccc1)c1ccc(Cl)cc1. The zero-order chi connectivity index (χ0) is 16.1. The second-order valence-electron chi connectivity index (χ2n) is 5.14. The van der Waals surface area contributed by atoms with Gasteiger partial charge >= 0.3 is 0 Å². The van der Waals surface area contributed by atoms with Crippen LogP contribution in [0.25, 0.3) is 0 Å². The Balaban J connectivity index is 2.03. The molecule has 0 amide bonds. The van der Waals surface area contributed by atoms with Gasteiger partial charge in [-0.3, -0.25) is 0 Å².